The predicted molar refractivity (Wildman–Crippen MR) is 45.3 cm³/mol. The molecule has 0 unspecified atom stereocenters. The van der Waals surface area contributed by atoms with Gasteiger partial charge < -0.3 is 0 Å². The zero-order valence-corrected chi connectivity index (χ0v) is 7.15. The van der Waals surface area contributed by atoms with Gasteiger partial charge in [-0.05, 0) is 17.7 Å². The lowest BCUT2D eigenvalue weighted by Gasteiger charge is -1.99. The number of hydrogen-bond donors (Lipinski definition) is 2. The fourth-order valence-electron chi connectivity index (χ4n) is 0.734. The molecule has 11 heavy (non-hydrogen) atoms. The van der Waals surface area contributed by atoms with E-state index in [0.717, 1.165) is 5.56 Å². The Labute approximate surface area is 74.5 Å². The van der Waals surface area contributed by atoms with Crippen LogP contribution in [0.1, 0.15) is 5.56 Å². The summed E-state index contributed by atoms with van der Waals surface area (Å²) in [5.74, 6) is 5.10. The van der Waals surface area contributed by atoms with Crippen molar-refractivity contribution in [3.8, 4) is 0 Å². The van der Waals surface area contributed by atoms with Crippen LogP contribution in [-0.2, 0) is 6.54 Å². The van der Waals surface area contributed by atoms with E-state index in [-0.39, 0.29) is 0 Å². The van der Waals surface area contributed by atoms with E-state index in [0.29, 0.717) is 16.9 Å². The van der Waals surface area contributed by atoms with E-state index in [1.54, 1.807) is 12.1 Å². The first-order valence-corrected chi connectivity index (χ1v) is 3.73. The number of rotatable bonds is 2. The van der Waals surface area contributed by atoms with Crippen LogP contribution < -0.4 is 11.3 Å². The van der Waals surface area contributed by atoms with E-state index in [1.807, 2.05) is 0 Å². The minimum absolute atomic E-state index is 0.378. The standard InChI is InChI=1S/C6H7Cl2N3/c7-5-1-4(3-10-9)2-6(8)11-5/h1-2,10H,3,9H2. The molecule has 0 aliphatic carbocycles. The quantitative estimate of drug-likeness (QED) is 0.422. The number of nitrogens with two attached hydrogens (primary N) is 1. The lowest BCUT2D eigenvalue weighted by molar-refractivity contribution is 0.740. The highest BCUT2D eigenvalue weighted by Gasteiger charge is 1.97. The minimum Gasteiger partial charge on any atom is -0.271 e. The molecule has 5 heteroatoms. The zero-order valence-electron chi connectivity index (χ0n) is 5.64. The van der Waals surface area contributed by atoms with Crippen LogP contribution in [0.25, 0.3) is 0 Å². The van der Waals surface area contributed by atoms with Gasteiger partial charge in [0, 0.05) is 6.54 Å². The van der Waals surface area contributed by atoms with Gasteiger partial charge in [-0.2, -0.15) is 0 Å². The fraction of sp³-hybridized carbons (Fsp3) is 0.167. The molecule has 0 saturated heterocycles. The maximum atomic E-state index is 5.62. The van der Waals surface area contributed by atoms with Gasteiger partial charge in [0.1, 0.15) is 10.3 Å². The molecule has 3 N–H and O–H groups in total. The summed E-state index contributed by atoms with van der Waals surface area (Å²) in [4.78, 5) is 3.78. The summed E-state index contributed by atoms with van der Waals surface area (Å²) in [7, 11) is 0. The summed E-state index contributed by atoms with van der Waals surface area (Å²) in [6.45, 7) is 0.530. The zero-order chi connectivity index (χ0) is 8.27. The molecule has 1 aromatic heterocycles. The van der Waals surface area contributed by atoms with Gasteiger partial charge in [0.25, 0.3) is 0 Å². The summed E-state index contributed by atoms with van der Waals surface area (Å²) in [6, 6.07) is 3.40. The van der Waals surface area contributed by atoms with Crippen LogP contribution in [0, 0.1) is 0 Å². The Morgan fingerprint density at radius 3 is 2.36 bits per heavy atom. The lowest BCUT2D eigenvalue weighted by atomic mass is 10.3. The second-order valence-electron chi connectivity index (χ2n) is 2.00. The van der Waals surface area contributed by atoms with Gasteiger partial charge in [0.2, 0.25) is 0 Å². The Bertz CT molecular complexity index is 231. The molecule has 0 saturated carbocycles. The second-order valence-corrected chi connectivity index (χ2v) is 2.78. The molecule has 60 valence electrons. The third kappa shape index (κ3) is 2.63. The molecule has 0 spiro atoms. The summed E-state index contributed by atoms with van der Waals surface area (Å²) in [5.41, 5.74) is 3.41. The van der Waals surface area contributed by atoms with E-state index < -0.39 is 0 Å². The van der Waals surface area contributed by atoms with Crippen LogP contribution in [0.3, 0.4) is 0 Å². The van der Waals surface area contributed by atoms with Crippen molar-refractivity contribution in [3.05, 3.63) is 28.0 Å². The van der Waals surface area contributed by atoms with Crippen molar-refractivity contribution in [2.45, 2.75) is 6.54 Å². The van der Waals surface area contributed by atoms with Crippen LogP contribution in [0.15, 0.2) is 12.1 Å². The van der Waals surface area contributed by atoms with E-state index in [4.69, 9.17) is 29.0 Å². The first-order valence-electron chi connectivity index (χ1n) is 2.98. The molecule has 0 atom stereocenters. The highest BCUT2D eigenvalue weighted by Crippen LogP contribution is 2.13. The van der Waals surface area contributed by atoms with Gasteiger partial charge in [-0.3, -0.25) is 11.3 Å². The molecule has 1 rings (SSSR count). The van der Waals surface area contributed by atoms with E-state index >= 15 is 0 Å². The van der Waals surface area contributed by atoms with Gasteiger partial charge in [0.05, 0.1) is 0 Å². The first-order chi connectivity index (χ1) is 5.22. The largest absolute Gasteiger partial charge is 0.271 e. The SMILES string of the molecule is NNCc1cc(Cl)nc(Cl)c1. The molecule has 0 bridgehead atoms. The molecular formula is C6H7Cl2N3. The number of nitrogens with one attached hydrogen (secondary N) is 1. The van der Waals surface area contributed by atoms with Crippen LogP contribution in [-0.4, -0.2) is 4.98 Å². The van der Waals surface area contributed by atoms with Crippen LogP contribution in [0.2, 0.25) is 10.3 Å². The Balaban J connectivity index is 2.89. The molecule has 1 heterocycles. The van der Waals surface area contributed by atoms with Crippen molar-refractivity contribution in [3.63, 3.8) is 0 Å². The Morgan fingerprint density at radius 2 is 1.91 bits per heavy atom. The minimum atomic E-state index is 0.378. The summed E-state index contributed by atoms with van der Waals surface area (Å²) in [6.07, 6.45) is 0. The number of pyridine rings is 1. The second kappa shape index (κ2) is 3.88. The molecular weight excluding hydrogens is 185 g/mol. The number of hydrazine groups is 1. The number of halogens is 2. The highest BCUT2D eigenvalue weighted by molar-refractivity contribution is 6.32. The van der Waals surface area contributed by atoms with Crippen molar-refractivity contribution in [1.82, 2.24) is 10.4 Å². The molecule has 0 aromatic carbocycles. The molecule has 0 aliphatic rings. The van der Waals surface area contributed by atoms with Gasteiger partial charge in [-0.1, -0.05) is 23.2 Å². The van der Waals surface area contributed by atoms with Crippen molar-refractivity contribution in [2.75, 3.05) is 0 Å². The van der Waals surface area contributed by atoms with Gasteiger partial charge >= 0.3 is 0 Å². The van der Waals surface area contributed by atoms with Gasteiger partial charge in [-0.25, -0.2) is 4.98 Å². The third-order valence-corrected chi connectivity index (χ3v) is 1.52. The predicted octanol–water partition coefficient (Wildman–Crippen LogP) is 1.35. The Morgan fingerprint density at radius 1 is 1.36 bits per heavy atom. The van der Waals surface area contributed by atoms with E-state index in [2.05, 4.69) is 10.4 Å². The van der Waals surface area contributed by atoms with Crippen molar-refractivity contribution >= 4 is 23.2 Å². The molecule has 3 nitrogen and oxygen atoms in total. The topological polar surface area (TPSA) is 50.9 Å². The van der Waals surface area contributed by atoms with Gasteiger partial charge in [-0.15, -0.1) is 0 Å². The normalized spacial score (nSPS) is 10.1. The molecule has 0 aliphatic heterocycles. The lowest BCUT2D eigenvalue weighted by Crippen LogP contribution is -2.20. The summed E-state index contributed by atoms with van der Waals surface area (Å²) >= 11 is 11.2. The summed E-state index contributed by atoms with van der Waals surface area (Å²) < 4.78 is 0. The first kappa shape index (κ1) is 8.74. The number of aromatic nitrogens is 1. The fourth-order valence-corrected chi connectivity index (χ4v) is 1.24. The smallest absolute Gasteiger partial charge is 0.131 e. The average molecular weight is 192 g/mol. The molecule has 0 radical (unpaired) electrons. The maximum absolute atomic E-state index is 5.62. The van der Waals surface area contributed by atoms with Crippen molar-refractivity contribution < 1.29 is 0 Å². The van der Waals surface area contributed by atoms with Gasteiger partial charge in [0.15, 0.2) is 0 Å². The molecule has 0 fully saturated rings. The molecule has 1 aromatic rings. The van der Waals surface area contributed by atoms with Crippen LogP contribution in [0.5, 0.6) is 0 Å². The maximum Gasteiger partial charge on any atom is 0.131 e. The van der Waals surface area contributed by atoms with Crippen molar-refractivity contribution in [1.29, 1.82) is 0 Å². The number of nitrogens with zero attached hydrogens (tertiary/aromatic N) is 1. The van der Waals surface area contributed by atoms with Crippen molar-refractivity contribution in [2.24, 2.45) is 5.84 Å². The number of hydrogen-bond acceptors (Lipinski definition) is 3. The van der Waals surface area contributed by atoms with Crippen LogP contribution >= 0.6 is 23.2 Å². The highest BCUT2D eigenvalue weighted by atomic mass is 35.5. The summed E-state index contributed by atoms with van der Waals surface area (Å²) in [5, 5.41) is 0.755. The Hall–Kier alpha value is -0.350. The van der Waals surface area contributed by atoms with E-state index in [1.165, 1.54) is 0 Å². The Kier molecular flexibility index (Phi) is 3.08. The van der Waals surface area contributed by atoms with E-state index in [9.17, 15) is 0 Å². The average Bonchev–Trinajstić information content (AvgIpc) is 1.85. The monoisotopic (exact) mass is 191 g/mol. The third-order valence-electron chi connectivity index (χ3n) is 1.13. The molecule has 0 amide bonds. The van der Waals surface area contributed by atoms with Crippen LogP contribution in [0.4, 0.5) is 0 Å².